The molecule has 0 bridgehead atoms. The molecule has 144 valence electrons. The van der Waals surface area contributed by atoms with Crippen molar-refractivity contribution in [3.05, 3.63) is 65.0 Å². The van der Waals surface area contributed by atoms with Crippen LogP contribution >= 0.6 is 0 Å². The Balaban J connectivity index is 1.66. The van der Waals surface area contributed by atoms with Gasteiger partial charge < -0.3 is 4.90 Å². The van der Waals surface area contributed by atoms with E-state index in [1.165, 1.54) is 18.6 Å². The van der Waals surface area contributed by atoms with E-state index in [2.05, 4.69) is 17.1 Å². The summed E-state index contributed by atoms with van der Waals surface area (Å²) in [6, 6.07) is 12.6. The number of aryl methyl sites for hydroxylation is 1. The molecule has 6 heteroatoms. The molecule has 27 heavy (non-hydrogen) atoms. The molecule has 1 heterocycles. The molecule has 0 aliphatic heterocycles. The first-order valence-corrected chi connectivity index (χ1v) is 9.14. The predicted molar refractivity (Wildman–Crippen MR) is 97.5 cm³/mol. The number of aromatic nitrogens is 1. The fraction of sp³-hybridized carbons (Fsp3) is 0.429. The number of alkyl halides is 3. The lowest BCUT2D eigenvalue weighted by Gasteiger charge is -2.35. The molecule has 0 N–H and O–H groups in total. The lowest BCUT2D eigenvalue weighted by molar-refractivity contribution is -0.141. The van der Waals surface area contributed by atoms with Crippen molar-refractivity contribution >= 4 is 5.91 Å². The molecule has 1 saturated carbocycles. The standard InChI is InChI=1S/C21H23F3N2O/c1-14-18(12-13-19(25-14)21(22,23)24)20(27)26(2)17-10-8-16(9-11-17)15-6-4-3-5-7-15/h3-7,12-13,16-17H,8-11H2,1-2H3. The third kappa shape index (κ3) is 4.31. The Hall–Kier alpha value is -2.37. The Labute approximate surface area is 157 Å². The van der Waals surface area contributed by atoms with Crippen LogP contribution in [-0.4, -0.2) is 28.9 Å². The summed E-state index contributed by atoms with van der Waals surface area (Å²) in [6.07, 6.45) is -0.745. The van der Waals surface area contributed by atoms with Crippen molar-refractivity contribution in [1.82, 2.24) is 9.88 Å². The number of hydrogen-bond donors (Lipinski definition) is 0. The average Bonchev–Trinajstić information content (AvgIpc) is 2.67. The summed E-state index contributed by atoms with van der Waals surface area (Å²) in [6.45, 7) is 1.45. The van der Waals surface area contributed by atoms with Gasteiger partial charge in [0.25, 0.3) is 5.91 Å². The lowest BCUT2D eigenvalue weighted by Crippen LogP contribution is -2.39. The highest BCUT2D eigenvalue weighted by atomic mass is 19.4. The molecule has 1 aliphatic carbocycles. The number of hydrogen-bond acceptors (Lipinski definition) is 2. The van der Waals surface area contributed by atoms with Gasteiger partial charge in [-0.1, -0.05) is 30.3 Å². The van der Waals surface area contributed by atoms with Crippen molar-refractivity contribution in [2.24, 2.45) is 0 Å². The zero-order valence-corrected chi connectivity index (χ0v) is 15.5. The second kappa shape index (κ2) is 7.71. The summed E-state index contributed by atoms with van der Waals surface area (Å²) in [4.78, 5) is 18.0. The molecule has 0 radical (unpaired) electrons. The first-order chi connectivity index (χ1) is 12.8. The summed E-state index contributed by atoms with van der Waals surface area (Å²) in [7, 11) is 1.73. The summed E-state index contributed by atoms with van der Waals surface area (Å²) in [5.41, 5.74) is 0.700. The van der Waals surface area contributed by atoms with Crippen LogP contribution in [0.3, 0.4) is 0 Å². The molecule has 0 spiro atoms. The number of carbonyl (C=O) groups excluding carboxylic acids is 1. The monoisotopic (exact) mass is 376 g/mol. The van der Waals surface area contributed by atoms with E-state index in [0.29, 0.717) is 5.92 Å². The number of halogens is 3. The largest absolute Gasteiger partial charge is 0.433 e. The normalized spacial score (nSPS) is 20.3. The number of amides is 1. The highest BCUT2D eigenvalue weighted by Crippen LogP contribution is 2.35. The van der Waals surface area contributed by atoms with Gasteiger partial charge in [-0.3, -0.25) is 4.79 Å². The van der Waals surface area contributed by atoms with E-state index in [1.807, 2.05) is 18.2 Å². The molecule has 0 unspecified atom stereocenters. The molecule has 1 amide bonds. The summed E-state index contributed by atoms with van der Waals surface area (Å²) < 4.78 is 38.3. The van der Waals surface area contributed by atoms with Crippen molar-refractivity contribution in [2.75, 3.05) is 7.05 Å². The highest BCUT2D eigenvalue weighted by molar-refractivity contribution is 5.95. The zero-order valence-electron chi connectivity index (χ0n) is 15.5. The van der Waals surface area contributed by atoms with Gasteiger partial charge in [-0.05, 0) is 56.2 Å². The van der Waals surface area contributed by atoms with Crippen molar-refractivity contribution in [1.29, 1.82) is 0 Å². The fourth-order valence-electron chi connectivity index (χ4n) is 3.82. The Kier molecular flexibility index (Phi) is 5.53. The van der Waals surface area contributed by atoms with Crippen molar-refractivity contribution < 1.29 is 18.0 Å². The second-order valence-electron chi connectivity index (χ2n) is 7.16. The molecular formula is C21H23F3N2O. The third-order valence-electron chi connectivity index (χ3n) is 5.44. The Morgan fingerprint density at radius 3 is 2.22 bits per heavy atom. The van der Waals surface area contributed by atoms with Gasteiger partial charge in [0.1, 0.15) is 5.69 Å². The fourth-order valence-corrected chi connectivity index (χ4v) is 3.82. The van der Waals surface area contributed by atoms with Gasteiger partial charge in [0.2, 0.25) is 0 Å². The lowest BCUT2D eigenvalue weighted by atomic mass is 9.81. The number of rotatable bonds is 3. The van der Waals surface area contributed by atoms with Crippen LogP contribution < -0.4 is 0 Å². The van der Waals surface area contributed by atoms with Crippen molar-refractivity contribution in [3.63, 3.8) is 0 Å². The van der Waals surface area contributed by atoms with Gasteiger partial charge in [0.15, 0.2) is 0 Å². The van der Waals surface area contributed by atoms with E-state index in [-0.39, 0.29) is 23.2 Å². The maximum absolute atomic E-state index is 12.8. The van der Waals surface area contributed by atoms with E-state index in [9.17, 15) is 18.0 Å². The van der Waals surface area contributed by atoms with Crippen LogP contribution in [0.15, 0.2) is 42.5 Å². The molecule has 0 atom stereocenters. The zero-order chi connectivity index (χ0) is 19.6. The maximum Gasteiger partial charge on any atom is 0.433 e. The van der Waals surface area contributed by atoms with Crippen LogP contribution in [0.2, 0.25) is 0 Å². The molecule has 1 fully saturated rings. The summed E-state index contributed by atoms with van der Waals surface area (Å²) in [5, 5.41) is 0. The van der Waals surface area contributed by atoms with E-state index in [0.717, 1.165) is 31.7 Å². The number of benzene rings is 1. The topological polar surface area (TPSA) is 33.2 Å². The van der Waals surface area contributed by atoms with E-state index in [4.69, 9.17) is 0 Å². The van der Waals surface area contributed by atoms with Crippen molar-refractivity contribution in [3.8, 4) is 0 Å². The minimum Gasteiger partial charge on any atom is -0.339 e. The number of carbonyl (C=O) groups is 1. The summed E-state index contributed by atoms with van der Waals surface area (Å²) >= 11 is 0. The molecule has 1 aromatic heterocycles. The van der Waals surface area contributed by atoms with Crippen LogP contribution in [0.4, 0.5) is 13.2 Å². The highest BCUT2D eigenvalue weighted by Gasteiger charge is 2.34. The summed E-state index contributed by atoms with van der Waals surface area (Å²) in [5.74, 6) is 0.234. The minimum absolute atomic E-state index is 0.0964. The number of nitrogens with zero attached hydrogens (tertiary/aromatic N) is 2. The quantitative estimate of drug-likeness (QED) is 0.737. The van der Waals surface area contributed by atoms with Crippen molar-refractivity contribution in [2.45, 2.75) is 50.7 Å². The molecule has 0 saturated heterocycles. The Morgan fingerprint density at radius 2 is 1.67 bits per heavy atom. The average molecular weight is 376 g/mol. The van der Waals surface area contributed by atoms with Gasteiger partial charge in [-0.2, -0.15) is 13.2 Å². The maximum atomic E-state index is 12.8. The molecule has 2 aromatic rings. The van der Waals surface area contributed by atoms with Crippen LogP contribution in [0.5, 0.6) is 0 Å². The SMILES string of the molecule is Cc1nc(C(F)(F)F)ccc1C(=O)N(C)C1CCC(c2ccccc2)CC1. The molecule has 1 aromatic carbocycles. The van der Waals surface area contributed by atoms with Gasteiger partial charge in [-0.25, -0.2) is 4.98 Å². The van der Waals surface area contributed by atoms with E-state index < -0.39 is 11.9 Å². The first-order valence-electron chi connectivity index (χ1n) is 9.14. The number of pyridine rings is 1. The van der Waals surface area contributed by atoms with Gasteiger partial charge >= 0.3 is 6.18 Å². The van der Waals surface area contributed by atoms with Crippen LogP contribution in [0.1, 0.15) is 58.9 Å². The van der Waals surface area contributed by atoms with Crippen LogP contribution in [0, 0.1) is 6.92 Å². The van der Waals surface area contributed by atoms with Gasteiger partial charge in [-0.15, -0.1) is 0 Å². The second-order valence-corrected chi connectivity index (χ2v) is 7.16. The predicted octanol–water partition coefficient (Wildman–Crippen LogP) is 5.21. The van der Waals surface area contributed by atoms with E-state index >= 15 is 0 Å². The first kappa shape index (κ1) is 19.4. The molecule has 3 rings (SSSR count). The Bertz CT molecular complexity index is 797. The van der Waals surface area contributed by atoms with Crippen LogP contribution in [0.25, 0.3) is 0 Å². The van der Waals surface area contributed by atoms with Gasteiger partial charge in [0.05, 0.1) is 11.3 Å². The molecular weight excluding hydrogens is 353 g/mol. The smallest absolute Gasteiger partial charge is 0.339 e. The molecule has 3 nitrogen and oxygen atoms in total. The Morgan fingerprint density at radius 1 is 1.04 bits per heavy atom. The third-order valence-corrected chi connectivity index (χ3v) is 5.44. The molecule has 1 aliphatic rings. The van der Waals surface area contributed by atoms with E-state index in [1.54, 1.807) is 11.9 Å². The van der Waals surface area contributed by atoms with Crippen LogP contribution in [-0.2, 0) is 6.18 Å². The minimum atomic E-state index is -4.51. The van der Waals surface area contributed by atoms with Gasteiger partial charge in [0, 0.05) is 13.1 Å².